The summed E-state index contributed by atoms with van der Waals surface area (Å²) < 4.78 is 7.07. The molecular weight excluding hydrogens is 264 g/mol. The number of aromatic nitrogens is 1. The van der Waals surface area contributed by atoms with Crippen LogP contribution >= 0.6 is 0 Å². The Bertz CT molecular complexity index is 690. The van der Waals surface area contributed by atoms with Crippen LogP contribution in [0.5, 0.6) is 0 Å². The molecule has 0 aliphatic heterocycles. The largest absolute Gasteiger partial charge is 0.420 e. The molecule has 0 spiro atoms. The molecule has 2 N–H and O–H groups in total. The van der Waals surface area contributed by atoms with Gasteiger partial charge in [0.1, 0.15) is 0 Å². The number of oxazole rings is 1. The summed E-state index contributed by atoms with van der Waals surface area (Å²) in [6.07, 6.45) is 6.04. The van der Waals surface area contributed by atoms with Crippen molar-refractivity contribution in [3.8, 4) is 0 Å². The summed E-state index contributed by atoms with van der Waals surface area (Å²) in [6.45, 7) is 4.67. The summed E-state index contributed by atoms with van der Waals surface area (Å²) in [4.78, 5) is 12.0. The van der Waals surface area contributed by atoms with Crippen molar-refractivity contribution in [2.24, 2.45) is 5.73 Å². The fraction of sp³-hybridized carbons (Fsp3) is 0.588. The molecule has 0 unspecified atom stereocenters. The summed E-state index contributed by atoms with van der Waals surface area (Å²) in [5.41, 5.74) is 9.01. The molecule has 1 aromatic heterocycles. The van der Waals surface area contributed by atoms with E-state index >= 15 is 0 Å². The molecule has 0 bridgehead atoms. The van der Waals surface area contributed by atoms with E-state index in [9.17, 15) is 4.79 Å². The number of rotatable bonds is 3. The Kier molecular flexibility index (Phi) is 3.66. The maximum Gasteiger partial charge on any atom is 0.420 e. The zero-order chi connectivity index (χ0) is 15.0. The normalized spacial score (nSPS) is 18.5. The minimum absolute atomic E-state index is 0.0710. The Morgan fingerprint density at radius 3 is 2.62 bits per heavy atom. The highest BCUT2D eigenvalue weighted by Crippen LogP contribution is 2.39. The van der Waals surface area contributed by atoms with E-state index in [0.29, 0.717) is 12.1 Å². The van der Waals surface area contributed by atoms with E-state index in [4.69, 9.17) is 10.2 Å². The standard InChI is InChI=1S/C17H24N2O2/c1-12(2)19-14-10-13(6-7-15(14)21-16(19)20)17(11-18)8-4-3-5-9-17/h6-7,10,12H,3-5,8-9,11,18H2,1-2H3. The number of nitrogens with two attached hydrogens (primary N) is 1. The van der Waals surface area contributed by atoms with Crippen LogP contribution in [0.25, 0.3) is 11.1 Å². The molecule has 3 rings (SSSR count). The molecule has 1 aliphatic carbocycles. The lowest BCUT2D eigenvalue weighted by Gasteiger charge is -2.36. The minimum atomic E-state index is -0.275. The zero-order valence-corrected chi connectivity index (χ0v) is 12.9. The van der Waals surface area contributed by atoms with Crippen LogP contribution in [0.15, 0.2) is 27.4 Å². The predicted octanol–water partition coefficient (Wildman–Crippen LogP) is 3.34. The summed E-state index contributed by atoms with van der Waals surface area (Å²) in [5.74, 6) is -0.275. The Hall–Kier alpha value is -1.55. The third-order valence-corrected chi connectivity index (χ3v) is 4.94. The van der Waals surface area contributed by atoms with Gasteiger partial charge in [-0.2, -0.15) is 0 Å². The van der Waals surface area contributed by atoms with Crippen LogP contribution in [0.3, 0.4) is 0 Å². The Morgan fingerprint density at radius 1 is 1.29 bits per heavy atom. The van der Waals surface area contributed by atoms with Gasteiger partial charge in [-0.25, -0.2) is 4.79 Å². The molecule has 0 saturated heterocycles. The van der Waals surface area contributed by atoms with Crippen molar-refractivity contribution in [2.75, 3.05) is 6.54 Å². The number of hydrogen-bond donors (Lipinski definition) is 1. The van der Waals surface area contributed by atoms with E-state index in [1.807, 2.05) is 19.9 Å². The van der Waals surface area contributed by atoms with Crippen molar-refractivity contribution in [1.29, 1.82) is 0 Å². The van der Waals surface area contributed by atoms with E-state index in [-0.39, 0.29) is 17.2 Å². The van der Waals surface area contributed by atoms with Crippen molar-refractivity contribution >= 4 is 11.1 Å². The summed E-state index contributed by atoms with van der Waals surface area (Å²) in [5, 5.41) is 0. The summed E-state index contributed by atoms with van der Waals surface area (Å²) in [7, 11) is 0. The molecular formula is C17H24N2O2. The van der Waals surface area contributed by atoms with Gasteiger partial charge < -0.3 is 10.2 Å². The quantitative estimate of drug-likeness (QED) is 0.942. The average molecular weight is 288 g/mol. The van der Waals surface area contributed by atoms with Gasteiger partial charge in [-0.05, 0) is 44.4 Å². The van der Waals surface area contributed by atoms with E-state index < -0.39 is 0 Å². The number of fused-ring (bicyclic) bond motifs is 1. The molecule has 1 saturated carbocycles. The SMILES string of the molecule is CC(C)n1c(=O)oc2ccc(C3(CN)CCCCC3)cc21. The lowest BCUT2D eigenvalue weighted by molar-refractivity contribution is 0.301. The minimum Gasteiger partial charge on any atom is -0.408 e. The molecule has 1 aromatic carbocycles. The lowest BCUT2D eigenvalue weighted by Crippen LogP contribution is -2.37. The van der Waals surface area contributed by atoms with Crippen LogP contribution < -0.4 is 11.5 Å². The maximum atomic E-state index is 12.0. The molecule has 1 aliphatic rings. The second-order valence-electron chi connectivity index (χ2n) is 6.56. The van der Waals surface area contributed by atoms with E-state index in [1.165, 1.54) is 24.8 Å². The van der Waals surface area contributed by atoms with Crippen LogP contribution in [-0.2, 0) is 5.41 Å². The van der Waals surface area contributed by atoms with Crippen LogP contribution in [0.1, 0.15) is 57.6 Å². The molecule has 0 atom stereocenters. The smallest absolute Gasteiger partial charge is 0.408 e. The van der Waals surface area contributed by atoms with Crippen molar-refractivity contribution < 1.29 is 4.42 Å². The Labute approximate surface area is 124 Å². The van der Waals surface area contributed by atoms with Crippen LogP contribution in [0, 0.1) is 0 Å². The first-order valence-corrected chi connectivity index (χ1v) is 7.93. The van der Waals surface area contributed by atoms with Crippen LogP contribution in [-0.4, -0.2) is 11.1 Å². The first kappa shape index (κ1) is 14.4. The van der Waals surface area contributed by atoms with E-state index in [1.54, 1.807) is 4.57 Å². The molecule has 1 fully saturated rings. The number of benzene rings is 1. The van der Waals surface area contributed by atoms with Gasteiger partial charge in [-0.3, -0.25) is 4.57 Å². The van der Waals surface area contributed by atoms with Gasteiger partial charge in [0.25, 0.3) is 0 Å². The average Bonchev–Trinajstić information content (AvgIpc) is 2.82. The molecule has 0 radical (unpaired) electrons. The zero-order valence-electron chi connectivity index (χ0n) is 12.9. The molecule has 21 heavy (non-hydrogen) atoms. The van der Waals surface area contributed by atoms with Gasteiger partial charge in [0.05, 0.1) is 5.52 Å². The predicted molar refractivity (Wildman–Crippen MR) is 84.7 cm³/mol. The van der Waals surface area contributed by atoms with Crippen LogP contribution in [0.2, 0.25) is 0 Å². The maximum absolute atomic E-state index is 12.0. The fourth-order valence-corrected chi connectivity index (χ4v) is 3.69. The highest BCUT2D eigenvalue weighted by molar-refractivity contribution is 5.74. The second kappa shape index (κ2) is 5.34. The molecule has 4 heteroatoms. The van der Waals surface area contributed by atoms with Gasteiger partial charge in [-0.1, -0.05) is 25.3 Å². The van der Waals surface area contributed by atoms with Crippen molar-refractivity contribution in [3.05, 3.63) is 34.3 Å². The van der Waals surface area contributed by atoms with Gasteiger partial charge in [-0.15, -0.1) is 0 Å². The lowest BCUT2D eigenvalue weighted by atomic mass is 9.69. The third-order valence-electron chi connectivity index (χ3n) is 4.94. The molecule has 114 valence electrons. The molecule has 1 heterocycles. The first-order chi connectivity index (χ1) is 10.1. The van der Waals surface area contributed by atoms with E-state index in [2.05, 4.69) is 12.1 Å². The van der Waals surface area contributed by atoms with Gasteiger partial charge in [0, 0.05) is 18.0 Å². The molecule has 2 aromatic rings. The topological polar surface area (TPSA) is 61.2 Å². The van der Waals surface area contributed by atoms with Gasteiger partial charge >= 0.3 is 5.76 Å². The van der Waals surface area contributed by atoms with Crippen molar-refractivity contribution in [3.63, 3.8) is 0 Å². The highest BCUT2D eigenvalue weighted by atomic mass is 16.4. The monoisotopic (exact) mass is 288 g/mol. The third kappa shape index (κ3) is 2.31. The molecule has 0 amide bonds. The van der Waals surface area contributed by atoms with Gasteiger partial charge in [0.15, 0.2) is 5.58 Å². The molecule has 4 nitrogen and oxygen atoms in total. The van der Waals surface area contributed by atoms with Gasteiger partial charge in [0.2, 0.25) is 0 Å². The van der Waals surface area contributed by atoms with Crippen LogP contribution in [0.4, 0.5) is 0 Å². The fourth-order valence-electron chi connectivity index (χ4n) is 3.69. The highest BCUT2D eigenvalue weighted by Gasteiger charge is 2.33. The summed E-state index contributed by atoms with van der Waals surface area (Å²) in [6, 6.07) is 6.23. The second-order valence-corrected chi connectivity index (χ2v) is 6.56. The number of nitrogens with zero attached hydrogens (tertiary/aromatic N) is 1. The first-order valence-electron chi connectivity index (χ1n) is 7.93. The number of hydrogen-bond acceptors (Lipinski definition) is 3. The Morgan fingerprint density at radius 2 is 2.00 bits per heavy atom. The van der Waals surface area contributed by atoms with Crippen molar-refractivity contribution in [1.82, 2.24) is 4.57 Å². The van der Waals surface area contributed by atoms with Crippen molar-refractivity contribution in [2.45, 2.75) is 57.4 Å². The summed E-state index contributed by atoms with van der Waals surface area (Å²) >= 11 is 0. The Balaban J connectivity index is 2.15. The van der Waals surface area contributed by atoms with E-state index in [0.717, 1.165) is 18.4 Å².